The number of nitrogens with two attached hydrogens (primary N) is 3. The lowest BCUT2D eigenvalue weighted by Crippen LogP contribution is -2.61. The topological polar surface area (TPSA) is 385 Å². The van der Waals surface area contributed by atoms with Crippen LogP contribution in [0.4, 0.5) is 0 Å². The second-order valence-corrected chi connectivity index (χ2v) is 20.5. The number of hydrogen-bond donors (Lipinski definition) is 13. The van der Waals surface area contributed by atoms with Crippen molar-refractivity contribution in [1.82, 2.24) is 57.5 Å². The summed E-state index contributed by atoms with van der Waals surface area (Å²) in [7, 11) is 2.09. The number of carbonyl (C=O) groups excluding carboxylic acids is 9. The number of guanidine groups is 1. The van der Waals surface area contributed by atoms with Gasteiger partial charge in [-0.1, -0.05) is 89.9 Å². The maximum Gasteiger partial charge on any atom is 0.244 e. The number of unbranched alkanes of at least 4 members (excludes halogenated alkanes) is 1. The number of amides is 9. The second-order valence-electron chi connectivity index (χ2n) is 17.9. The number of aliphatic imine (C=N–C) groups is 1. The van der Waals surface area contributed by atoms with Gasteiger partial charge >= 0.3 is 0 Å². The van der Waals surface area contributed by atoms with Crippen molar-refractivity contribution in [2.75, 3.05) is 18.1 Å². The summed E-state index contributed by atoms with van der Waals surface area (Å²) in [6.45, 7) is 4.62. The summed E-state index contributed by atoms with van der Waals surface area (Å²) in [4.78, 5) is 139. The van der Waals surface area contributed by atoms with Gasteiger partial charge in [-0.15, -0.1) is 0 Å². The molecule has 9 amide bonds. The zero-order valence-corrected chi connectivity index (χ0v) is 43.6. The second kappa shape index (κ2) is 29.3. The lowest BCUT2D eigenvalue weighted by molar-refractivity contribution is -0.135. The van der Waals surface area contributed by atoms with Crippen molar-refractivity contribution in [3.63, 3.8) is 0 Å². The molecule has 0 unspecified atom stereocenters. The third-order valence-electron chi connectivity index (χ3n) is 12.0. The number of aromatic amines is 2. The van der Waals surface area contributed by atoms with E-state index < -0.39 is 101 Å². The van der Waals surface area contributed by atoms with Crippen LogP contribution in [0.25, 0.3) is 10.9 Å². The SMILES string of the molecule is CCCC[C@H](NC(C)=O)C(=O)N[C@@H]1CSSC[C@H](C(N)=O)NC(=O)[C@H](Cc2c[nH]c3ccccc23)NC(=O)[C@H](CCCN=C(N)N)NC(=O)[C@@H](Cc2ccccc2)NC(=O)[C@H](Cc2cnc[nH]2)NC(=O)[C@@H](C)NC1=O. The van der Waals surface area contributed by atoms with Gasteiger partial charge in [0, 0.05) is 73.2 Å². The minimum absolute atomic E-state index is 0.0459. The van der Waals surface area contributed by atoms with Gasteiger partial charge < -0.3 is 69.7 Å². The molecule has 0 bridgehead atoms. The molecule has 1 saturated heterocycles. The molecule has 0 radical (unpaired) electrons. The Balaban J connectivity index is 1.56. The molecule has 2 aromatic carbocycles. The number of fused-ring (bicyclic) bond motifs is 1. The largest absolute Gasteiger partial charge is 0.370 e. The average molecular weight is 1070 g/mol. The molecule has 3 heterocycles. The van der Waals surface area contributed by atoms with Crippen molar-refractivity contribution < 1.29 is 43.2 Å². The van der Waals surface area contributed by atoms with Crippen LogP contribution in [0.5, 0.6) is 0 Å². The van der Waals surface area contributed by atoms with Crippen LogP contribution >= 0.6 is 21.6 Å². The Morgan fingerprint density at radius 1 is 0.733 bits per heavy atom. The van der Waals surface area contributed by atoms with Crippen LogP contribution in [-0.2, 0) is 62.4 Å². The fraction of sp³-hybridized carbons (Fsp3) is 0.449. The number of nitrogens with zero attached hydrogens (tertiary/aromatic N) is 2. The zero-order chi connectivity index (χ0) is 54.4. The fourth-order valence-corrected chi connectivity index (χ4v) is 10.3. The van der Waals surface area contributed by atoms with Crippen LogP contribution in [0.2, 0.25) is 0 Å². The summed E-state index contributed by atoms with van der Waals surface area (Å²) in [6.07, 6.45) is 5.89. The number of primary amides is 1. The Labute approximate surface area is 441 Å². The number of H-pyrrole nitrogens is 2. The Morgan fingerprint density at radius 2 is 1.36 bits per heavy atom. The molecule has 16 N–H and O–H groups in total. The minimum Gasteiger partial charge on any atom is -0.370 e. The first-order valence-electron chi connectivity index (χ1n) is 24.5. The van der Waals surface area contributed by atoms with Gasteiger partial charge in [-0.05, 0) is 43.4 Å². The van der Waals surface area contributed by atoms with Gasteiger partial charge in [-0.25, -0.2) is 4.98 Å². The average Bonchev–Trinajstić information content (AvgIpc) is 4.05. The molecule has 1 aliphatic heterocycles. The molecule has 0 aliphatic carbocycles. The zero-order valence-electron chi connectivity index (χ0n) is 41.9. The molecule has 75 heavy (non-hydrogen) atoms. The van der Waals surface area contributed by atoms with Crippen LogP contribution < -0.4 is 59.7 Å². The molecule has 2 aromatic heterocycles. The summed E-state index contributed by atoms with van der Waals surface area (Å²) in [5, 5.41) is 22.3. The lowest BCUT2D eigenvalue weighted by atomic mass is 10.0. The van der Waals surface area contributed by atoms with Gasteiger partial charge in [0.05, 0.1) is 6.33 Å². The molecule has 1 aliphatic rings. The molecule has 26 heteroatoms. The van der Waals surface area contributed by atoms with Crippen LogP contribution in [-0.4, -0.2) is 140 Å². The number of hydrogen-bond acceptors (Lipinski definition) is 13. The normalized spacial score (nSPS) is 22.2. The van der Waals surface area contributed by atoms with Crippen molar-refractivity contribution in [2.24, 2.45) is 22.2 Å². The van der Waals surface area contributed by atoms with E-state index in [0.29, 0.717) is 29.7 Å². The van der Waals surface area contributed by atoms with Crippen molar-refractivity contribution in [3.8, 4) is 0 Å². The summed E-state index contributed by atoms with van der Waals surface area (Å²) >= 11 is 0. The third-order valence-corrected chi connectivity index (χ3v) is 14.4. The van der Waals surface area contributed by atoms with E-state index >= 15 is 0 Å². The van der Waals surface area contributed by atoms with Gasteiger partial charge in [0.15, 0.2) is 5.96 Å². The number of benzene rings is 2. The standard InChI is InChI=1S/C49H67N15O9S2/c1-4-5-15-34(58-28(3)65)43(68)64-40-25-75-74-24-39(41(50)66)63-46(71)37(20-30-22-55-33-16-10-9-14-32(30)33)62-44(69)35(17-11-18-54-49(51)52)59-45(70)36(19-29-12-7-6-8-13-29)61-47(72)38(21-31-23-53-26-56-31)60-42(67)27(2)57-48(40)73/h6-10,12-14,16,22-23,26-27,34-40,55H,4-5,11,15,17-21,24-25H2,1-3H3,(H2,50,66)(H,53,56)(H,57,73)(H,58,65)(H,59,70)(H,60,67)(H,61,72)(H,62,69)(H,63,71)(H,64,68)(H4,51,52,54)/t27-,34+,35+,36-,37+,38+,39-,40-/m1/s1. The first kappa shape index (κ1) is 58.3. The molecule has 0 saturated carbocycles. The van der Waals surface area contributed by atoms with Crippen LogP contribution in [0.15, 0.2) is 78.3 Å². The highest BCUT2D eigenvalue weighted by Crippen LogP contribution is 2.24. The molecular weight excluding hydrogens is 1010 g/mol. The highest BCUT2D eigenvalue weighted by Gasteiger charge is 2.35. The molecular formula is C49H67N15O9S2. The molecule has 404 valence electrons. The van der Waals surface area contributed by atoms with E-state index in [1.54, 1.807) is 36.5 Å². The van der Waals surface area contributed by atoms with E-state index in [-0.39, 0.29) is 62.5 Å². The van der Waals surface area contributed by atoms with Crippen LogP contribution in [0.3, 0.4) is 0 Å². The van der Waals surface area contributed by atoms with Gasteiger partial charge in [0.1, 0.15) is 48.3 Å². The molecule has 24 nitrogen and oxygen atoms in total. The molecule has 1 fully saturated rings. The van der Waals surface area contributed by atoms with E-state index in [0.717, 1.165) is 32.5 Å². The Kier molecular flexibility index (Phi) is 22.8. The maximum absolute atomic E-state index is 14.6. The summed E-state index contributed by atoms with van der Waals surface area (Å²) < 4.78 is 0. The number of rotatable bonds is 17. The van der Waals surface area contributed by atoms with Gasteiger partial charge in [0.25, 0.3) is 0 Å². The number of aromatic nitrogens is 3. The number of para-hydroxylation sites is 1. The molecule has 8 atom stereocenters. The Hall–Kier alpha value is -7.61. The quantitative estimate of drug-likeness (QED) is 0.0260. The predicted octanol–water partition coefficient (Wildman–Crippen LogP) is -1.04. The molecule has 4 aromatic rings. The molecule has 0 spiro atoms. The first-order valence-corrected chi connectivity index (χ1v) is 27.0. The monoisotopic (exact) mass is 1070 g/mol. The van der Waals surface area contributed by atoms with E-state index in [9.17, 15) is 43.2 Å². The van der Waals surface area contributed by atoms with Crippen LogP contribution in [0.1, 0.15) is 69.7 Å². The van der Waals surface area contributed by atoms with E-state index in [1.807, 2.05) is 31.2 Å². The van der Waals surface area contributed by atoms with Crippen molar-refractivity contribution in [3.05, 3.63) is 90.1 Å². The number of nitrogens with one attached hydrogen (secondary N) is 10. The summed E-state index contributed by atoms with van der Waals surface area (Å²) in [5.41, 5.74) is 19.5. The maximum atomic E-state index is 14.6. The highest BCUT2D eigenvalue weighted by molar-refractivity contribution is 8.76. The van der Waals surface area contributed by atoms with Crippen LogP contribution in [0, 0.1) is 0 Å². The summed E-state index contributed by atoms with van der Waals surface area (Å²) in [6, 6.07) is 5.64. The Morgan fingerprint density at radius 3 is 2.03 bits per heavy atom. The van der Waals surface area contributed by atoms with Crippen molar-refractivity contribution in [2.45, 2.75) is 120 Å². The highest BCUT2D eigenvalue weighted by atomic mass is 33.1. The lowest BCUT2D eigenvalue weighted by Gasteiger charge is -2.27. The molecule has 5 rings (SSSR count). The first-order chi connectivity index (χ1) is 35.9. The van der Waals surface area contributed by atoms with Crippen molar-refractivity contribution >= 4 is 91.6 Å². The van der Waals surface area contributed by atoms with Crippen molar-refractivity contribution in [1.29, 1.82) is 0 Å². The minimum atomic E-state index is -1.37. The van der Waals surface area contributed by atoms with Gasteiger partial charge in [0.2, 0.25) is 53.2 Å². The number of carbonyl (C=O) groups is 9. The third kappa shape index (κ3) is 18.7. The predicted molar refractivity (Wildman–Crippen MR) is 285 cm³/mol. The van der Waals surface area contributed by atoms with E-state index in [4.69, 9.17) is 17.2 Å². The fourth-order valence-electron chi connectivity index (χ4n) is 7.96. The number of imidazole rings is 1. The van der Waals surface area contributed by atoms with E-state index in [2.05, 4.69) is 62.5 Å². The summed E-state index contributed by atoms with van der Waals surface area (Å²) in [5.74, 6) is -7.34. The van der Waals surface area contributed by atoms with Gasteiger partial charge in [-0.3, -0.25) is 48.1 Å². The van der Waals surface area contributed by atoms with E-state index in [1.165, 1.54) is 26.4 Å². The Bertz CT molecular complexity index is 2630. The van der Waals surface area contributed by atoms with Gasteiger partial charge in [-0.2, -0.15) is 0 Å². The smallest absolute Gasteiger partial charge is 0.244 e.